The van der Waals surface area contributed by atoms with Crippen LogP contribution in [-0.4, -0.2) is 24.2 Å². The van der Waals surface area contributed by atoms with E-state index < -0.39 is 0 Å². The van der Waals surface area contributed by atoms with Crippen LogP contribution in [-0.2, 0) is 9.59 Å². The van der Waals surface area contributed by atoms with E-state index in [1.807, 2.05) is 0 Å². The molecule has 4 heteroatoms. The Morgan fingerprint density at radius 2 is 2.12 bits per heavy atom. The molecule has 0 aromatic heterocycles. The van der Waals surface area contributed by atoms with Gasteiger partial charge in [0.15, 0.2) is 0 Å². The molecule has 0 radical (unpaired) electrons. The first-order valence-corrected chi connectivity index (χ1v) is 5.95. The summed E-state index contributed by atoms with van der Waals surface area (Å²) in [6.07, 6.45) is 9.14. The molecule has 1 fully saturated rings. The molecule has 88 valence electrons. The maximum Gasteiger partial charge on any atom is 0.235 e. The largest absolute Gasteiger partial charge is 0.235 e. The Bertz CT molecular complexity index is 304. The topological polar surface area (TPSA) is 58.9 Å². The highest BCUT2D eigenvalue weighted by Crippen LogP contribution is 2.31. The number of nitrogens with zero attached hydrogens (tertiary/aromatic N) is 2. The van der Waals surface area contributed by atoms with Gasteiger partial charge in [0.1, 0.15) is 0 Å². The van der Waals surface area contributed by atoms with Crippen molar-refractivity contribution in [3.05, 3.63) is 0 Å². The lowest BCUT2D eigenvalue weighted by molar-refractivity contribution is 0.271. The maximum absolute atomic E-state index is 10.4. The van der Waals surface area contributed by atoms with Gasteiger partial charge < -0.3 is 0 Å². The van der Waals surface area contributed by atoms with Crippen molar-refractivity contribution >= 4 is 12.2 Å². The van der Waals surface area contributed by atoms with Crippen LogP contribution in [0.4, 0.5) is 0 Å². The van der Waals surface area contributed by atoms with E-state index in [1.165, 1.54) is 0 Å². The molecule has 0 aliphatic heterocycles. The summed E-state index contributed by atoms with van der Waals surface area (Å²) >= 11 is 0. The van der Waals surface area contributed by atoms with E-state index in [0.717, 1.165) is 38.5 Å². The number of hydrogen-bond donors (Lipinski definition) is 0. The molecule has 1 aliphatic rings. The Balaban J connectivity index is 2.61. The van der Waals surface area contributed by atoms with E-state index in [0.29, 0.717) is 5.92 Å². The van der Waals surface area contributed by atoms with Crippen LogP contribution < -0.4 is 0 Å². The quantitative estimate of drug-likeness (QED) is 0.529. The van der Waals surface area contributed by atoms with Gasteiger partial charge in [0.05, 0.1) is 12.1 Å². The molecule has 0 heterocycles. The first-order chi connectivity index (χ1) is 7.81. The van der Waals surface area contributed by atoms with Crippen molar-refractivity contribution in [3.8, 4) is 0 Å². The third kappa shape index (κ3) is 3.73. The lowest BCUT2D eigenvalue weighted by Gasteiger charge is -2.29. The normalized spacial score (nSPS) is 26.3. The molecule has 1 aliphatic carbocycles. The second kappa shape index (κ2) is 7.10. The molecule has 0 amide bonds. The summed E-state index contributed by atoms with van der Waals surface area (Å²) in [6, 6.07) is 0.143. The number of aliphatic imine (C=N–C) groups is 2. The van der Waals surface area contributed by atoms with E-state index in [2.05, 4.69) is 16.9 Å². The molecule has 0 N–H and O–H groups in total. The summed E-state index contributed by atoms with van der Waals surface area (Å²) in [6.45, 7) is 2.08. The predicted octanol–water partition coefficient (Wildman–Crippen LogP) is 2.39. The van der Waals surface area contributed by atoms with Gasteiger partial charge in [-0.15, -0.1) is 0 Å². The zero-order valence-electron chi connectivity index (χ0n) is 9.69. The number of carbonyl (C=O) groups excluding carboxylic acids is 2. The highest BCUT2D eigenvalue weighted by Gasteiger charge is 2.27. The zero-order valence-corrected chi connectivity index (χ0v) is 9.69. The van der Waals surface area contributed by atoms with Crippen LogP contribution in [0, 0.1) is 5.92 Å². The highest BCUT2D eigenvalue weighted by molar-refractivity contribution is 5.34. The van der Waals surface area contributed by atoms with Crippen molar-refractivity contribution in [1.82, 2.24) is 0 Å². The first kappa shape index (κ1) is 12.8. The van der Waals surface area contributed by atoms with Gasteiger partial charge >= 0.3 is 0 Å². The van der Waals surface area contributed by atoms with Gasteiger partial charge in [0, 0.05) is 0 Å². The Labute approximate surface area is 95.9 Å². The Morgan fingerprint density at radius 3 is 2.75 bits per heavy atom. The average Bonchev–Trinajstić information content (AvgIpc) is 2.30. The van der Waals surface area contributed by atoms with Crippen LogP contribution in [0.25, 0.3) is 0 Å². The van der Waals surface area contributed by atoms with Crippen molar-refractivity contribution in [1.29, 1.82) is 0 Å². The van der Waals surface area contributed by atoms with Crippen LogP contribution in [0.3, 0.4) is 0 Å². The second-order valence-electron chi connectivity index (χ2n) is 4.38. The summed E-state index contributed by atoms with van der Waals surface area (Å²) in [5.74, 6) is 0.372. The third-order valence-corrected chi connectivity index (χ3v) is 3.27. The minimum absolute atomic E-state index is 0.0622. The van der Waals surface area contributed by atoms with Gasteiger partial charge in [-0.2, -0.15) is 0 Å². The van der Waals surface area contributed by atoms with Crippen LogP contribution in [0.2, 0.25) is 0 Å². The monoisotopic (exact) mass is 222 g/mol. The van der Waals surface area contributed by atoms with Crippen molar-refractivity contribution in [2.24, 2.45) is 15.9 Å². The Hall–Kier alpha value is -1.24. The Morgan fingerprint density at radius 1 is 1.31 bits per heavy atom. The molecule has 3 unspecified atom stereocenters. The smallest absolute Gasteiger partial charge is 0.211 e. The summed E-state index contributed by atoms with van der Waals surface area (Å²) in [4.78, 5) is 28.3. The minimum atomic E-state index is 0.0622. The fourth-order valence-electron chi connectivity index (χ4n) is 2.51. The molecule has 1 rings (SSSR count). The first-order valence-electron chi connectivity index (χ1n) is 5.95. The van der Waals surface area contributed by atoms with Gasteiger partial charge in [0.2, 0.25) is 12.2 Å². The molecule has 0 aromatic rings. The Kier molecular flexibility index (Phi) is 5.69. The van der Waals surface area contributed by atoms with Crippen molar-refractivity contribution < 1.29 is 9.59 Å². The number of rotatable bonds is 5. The van der Waals surface area contributed by atoms with Gasteiger partial charge in [-0.25, -0.2) is 19.6 Å². The summed E-state index contributed by atoms with van der Waals surface area (Å²) in [7, 11) is 0. The highest BCUT2D eigenvalue weighted by atomic mass is 16.1. The molecule has 0 saturated heterocycles. The van der Waals surface area contributed by atoms with Crippen molar-refractivity contribution in [3.63, 3.8) is 0 Å². The number of hydrogen-bond acceptors (Lipinski definition) is 4. The molecule has 0 spiro atoms. The van der Waals surface area contributed by atoms with Crippen molar-refractivity contribution in [2.45, 2.75) is 57.5 Å². The van der Waals surface area contributed by atoms with Crippen LogP contribution in [0.1, 0.15) is 45.4 Å². The molecule has 1 saturated carbocycles. The van der Waals surface area contributed by atoms with Gasteiger partial charge in [0.25, 0.3) is 0 Å². The van der Waals surface area contributed by atoms with Crippen LogP contribution >= 0.6 is 0 Å². The lowest BCUT2D eigenvalue weighted by atomic mass is 9.80. The van der Waals surface area contributed by atoms with Crippen LogP contribution in [0.5, 0.6) is 0 Å². The second-order valence-corrected chi connectivity index (χ2v) is 4.38. The molecule has 0 bridgehead atoms. The summed E-state index contributed by atoms with van der Waals surface area (Å²) < 4.78 is 0. The zero-order chi connectivity index (χ0) is 11.8. The van der Waals surface area contributed by atoms with Gasteiger partial charge in [-0.1, -0.05) is 19.8 Å². The fraction of sp³-hybridized carbons (Fsp3) is 0.833. The van der Waals surface area contributed by atoms with Crippen molar-refractivity contribution in [2.75, 3.05) is 0 Å². The lowest BCUT2D eigenvalue weighted by Crippen LogP contribution is -2.27. The SMILES string of the molecule is CCCC(N=C=O)C1CCCC(N=C=O)C1. The third-order valence-electron chi connectivity index (χ3n) is 3.27. The molecule has 16 heavy (non-hydrogen) atoms. The van der Waals surface area contributed by atoms with E-state index in [-0.39, 0.29) is 12.1 Å². The average molecular weight is 222 g/mol. The molecule has 3 atom stereocenters. The molecule has 0 aromatic carbocycles. The predicted molar refractivity (Wildman–Crippen MR) is 60.7 cm³/mol. The molecular formula is C12H18N2O2. The van der Waals surface area contributed by atoms with Gasteiger partial charge in [-0.3, -0.25) is 0 Å². The summed E-state index contributed by atoms with van der Waals surface area (Å²) in [5.41, 5.74) is 0. The van der Waals surface area contributed by atoms with Gasteiger partial charge in [-0.05, 0) is 31.6 Å². The van der Waals surface area contributed by atoms with E-state index in [9.17, 15) is 9.59 Å². The van der Waals surface area contributed by atoms with E-state index >= 15 is 0 Å². The molecular weight excluding hydrogens is 204 g/mol. The van der Waals surface area contributed by atoms with E-state index in [4.69, 9.17) is 0 Å². The maximum atomic E-state index is 10.4. The standard InChI is InChI=1S/C12H18N2O2/c1-2-4-12(14-9-16)10-5-3-6-11(7-10)13-8-15/h10-12H,2-7H2,1H3. The number of isocyanates is 2. The van der Waals surface area contributed by atoms with Crippen LogP contribution in [0.15, 0.2) is 9.98 Å². The molecule has 4 nitrogen and oxygen atoms in total. The van der Waals surface area contributed by atoms with E-state index in [1.54, 1.807) is 12.2 Å². The summed E-state index contributed by atoms with van der Waals surface area (Å²) in [5, 5.41) is 0. The minimum Gasteiger partial charge on any atom is -0.211 e. The fourth-order valence-corrected chi connectivity index (χ4v) is 2.51.